The first-order valence-corrected chi connectivity index (χ1v) is 6.93. The van der Waals surface area contributed by atoms with Crippen LogP contribution in [0, 0.1) is 5.82 Å². The average Bonchev–Trinajstić information content (AvgIpc) is 2.44. The number of aromatic nitrogens is 2. The predicted octanol–water partition coefficient (Wildman–Crippen LogP) is 4.93. The van der Waals surface area contributed by atoms with Crippen molar-refractivity contribution in [1.82, 2.24) is 9.97 Å². The Bertz CT molecular complexity index is 794. The molecule has 0 radical (unpaired) electrons. The van der Waals surface area contributed by atoms with Gasteiger partial charge in [-0.05, 0) is 40.2 Å². The molecule has 3 nitrogen and oxygen atoms in total. The Morgan fingerprint density at radius 1 is 1.15 bits per heavy atom. The van der Waals surface area contributed by atoms with Crippen LogP contribution in [0.5, 0.6) is 0 Å². The number of hydrogen-bond acceptors (Lipinski definition) is 3. The van der Waals surface area contributed by atoms with E-state index >= 15 is 0 Å². The lowest BCUT2D eigenvalue weighted by atomic mass is 10.2. The summed E-state index contributed by atoms with van der Waals surface area (Å²) < 4.78 is 14.8. The molecule has 1 N–H and O–H groups in total. The van der Waals surface area contributed by atoms with Crippen LogP contribution in [0.2, 0.25) is 5.02 Å². The molecule has 3 rings (SSSR count). The fourth-order valence-electron chi connectivity index (χ4n) is 1.85. The Morgan fingerprint density at radius 2 is 2.00 bits per heavy atom. The van der Waals surface area contributed by atoms with Crippen LogP contribution in [0.3, 0.4) is 0 Å². The molecule has 0 atom stereocenters. The van der Waals surface area contributed by atoms with Gasteiger partial charge in [-0.2, -0.15) is 0 Å². The van der Waals surface area contributed by atoms with Crippen LogP contribution >= 0.6 is 27.5 Å². The number of rotatable bonds is 2. The fourth-order valence-corrected chi connectivity index (χ4v) is 2.35. The highest BCUT2D eigenvalue weighted by Gasteiger charge is 2.09. The molecule has 0 unspecified atom stereocenters. The van der Waals surface area contributed by atoms with Crippen molar-refractivity contribution in [2.24, 2.45) is 0 Å². The fraction of sp³-hybridized carbons (Fsp3) is 0. The largest absolute Gasteiger partial charge is 0.351 e. The van der Waals surface area contributed by atoms with Gasteiger partial charge >= 0.3 is 0 Å². The molecule has 1 aromatic carbocycles. The van der Waals surface area contributed by atoms with Gasteiger partial charge in [0.25, 0.3) is 0 Å². The predicted molar refractivity (Wildman–Crippen MR) is 81.9 cm³/mol. The maximum absolute atomic E-state index is 13.9. The van der Waals surface area contributed by atoms with E-state index in [4.69, 9.17) is 11.6 Å². The lowest BCUT2D eigenvalue weighted by molar-refractivity contribution is 0.632. The SMILES string of the molecule is Fc1c(Cl)cccc1Nc1ccnc2cc(Br)cnc12. The molecule has 0 aliphatic rings. The summed E-state index contributed by atoms with van der Waals surface area (Å²) in [5.41, 5.74) is 2.35. The van der Waals surface area contributed by atoms with Gasteiger partial charge in [0.15, 0.2) is 5.82 Å². The molecular weight excluding hydrogens is 345 g/mol. The summed E-state index contributed by atoms with van der Waals surface area (Å²) in [6, 6.07) is 8.39. The van der Waals surface area contributed by atoms with E-state index in [1.807, 2.05) is 6.07 Å². The maximum Gasteiger partial charge on any atom is 0.165 e. The van der Waals surface area contributed by atoms with Crippen LogP contribution in [0.15, 0.2) is 47.2 Å². The number of pyridine rings is 2. The summed E-state index contributed by atoms with van der Waals surface area (Å²) in [5, 5.41) is 3.07. The topological polar surface area (TPSA) is 37.8 Å². The van der Waals surface area contributed by atoms with Gasteiger partial charge in [0, 0.05) is 16.9 Å². The Hall–Kier alpha value is -1.72. The lowest BCUT2D eigenvalue weighted by Gasteiger charge is -2.10. The number of fused-ring (bicyclic) bond motifs is 1. The molecule has 20 heavy (non-hydrogen) atoms. The molecule has 0 saturated heterocycles. The van der Waals surface area contributed by atoms with E-state index < -0.39 is 5.82 Å². The second kappa shape index (κ2) is 5.34. The van der Waals surface area contributed by atoms with Gasteiger partial charge in [-0.1, -0.05) is 17.7 Å². The Balaban J connectivity index is 2.09. The minimum absolute atomic E-state index is 0.0732. The van der Waals surface area contributed by atoms with Crippen LogP contribution in [0.25, 0.3) is 11.0 Å². The first kappa shape index (κ1) is 13.3. The number of nitrogens with zero attached hydrogens (tertiary/aromatic N) is 2. The van der Waals surface area contributed by atoms with Crippen LogP contribution in [-0.2, 0) is 0 Å². The molecule has 0 bridgehead atoms. The monoisotopic (exact) mass is 351 g/mol. The average molecular weight is 353 g/mol. The van der Waals surface area contributed by atoms with Crippen molar-refractivity contribution in [1.29, 1.82) is 0 Å². The van der Waals surface area contributed by atoms with E-state index in [-0.39, 0.29) is 5.02 Å². The van der Waals surface area contributed by atoms with E-state index in [9.17, 15) is 4.39 Å². The second-order valence-electron chi connectivity index (χ2n) is 4.11. The van der Waals surface area contributed by atoms with Crippen molar-refractivity contribution in [3.05, 3.63) is 58.0 Å². The molecule has 0 spiro atoms. The quantitative estimate of drug-likeness (QED) is 0.711. The Kier molecular flexibility index (Phi) is 3.54. The molecule has 2 aromatic heterocycles. The van der Waals surface area contributed by atoms with Gasteiger partial charge in [-0.3, -0.25) is 9.97 Å². The molecule has 3 aromatic rings. The number of hydrogen-bond donors (Lipinski definition) is 1. The van der Waals surface area contributed by atoms with E-state index in [1.54, 1.807) is 30.6 Å². The van der Waals surface area contributed by atoms with Gasteiger partial charge in [-0.25, -0.2) is 4.39 Å². The summed E-state index contributed by atoms with van der Waals surface area (Å²) in [5.74, 6) is -0.490. The highest BCUT2D eigenvalue weighted by molar-refractivity contribution is 9.10. The summed E-state index contributed by atoms with van der Waals surface area (Å²) >= 11 is 9.11. The van der Waals surface area contributed by atoms with Gasteiger partial charge in [0.2, 0.25) is 0 Å². The summed E-state index contributed by atoms with van der Waals surface area (Å²) in [4.78, 5) is 8.53. The van der Waals surface area contributed by atoms with Crippen molar-refractivity contribution in [3.63, 3.8) is 0 Å². The molecular formula is C14H8BrClFN3. The van der Waals surface area contributed by atoms with E-state index in [1.165, 1.54) is 6.07 Å². The minimum atomic E-state index is -0.490. The summed E-state index contributed by atoms with van der Waals surface area (Å²) in [7, 11) is 0. The van der Waals surface area contributed by atoms with Gasteiger partial charge < -0.3 is 5.32 Å². The summed E-state index contributed by atoms with van der Waals surface area (Å²) in [6.45, 7) is 0. The third kappa shape index (κ3) is 2.46. The van der Waals surface area contributed by atoms with Gasteiger partial charge in [0.1, 0.15) is 5.52 Å². The third-order valence-electron chi connectivity index (χ3n) is 2.77. The zero-order valence-electron chi connectivity index (χ0n) is 10.1. The van der Waals surface area contributed by atoms with Crippen LogP contribution in [-0.4, -0.2) is 9.97 Å². The van der Waals surface area contributed by atoms with Crippen molar-refractivity contribution >= 4 is 49.9 Å². The molecule has 0 aliphatic carbocycles. The summed E-state index contributed by atoms with van der Waals surface area (Å²) in [6.07, 6.45) is 3.31. The van der Waals surface area contributed by atoms with E-state index in [0.717, 1.165) is 4.47 Å². The normalized spacial score (nSPS) is 10.8. The number of halogens is 3. The molecule has 6 heteroatoms. The molecule has 0 amide bonds. The Labute approximate surface area is 127 Å². The number of anilines is 2. The molecule has 2 heterocycles. The van der Waals surface area contributed by atoms with Gasteiger partial charge in [-0.15, -0.1) is 0 Å². The lowest BCUT2D eigenvalue weighted by Crippen LogP contribution is -1.97. The van der Waals surface area contributed by atoms with E-state index in [2.05, 4.69) is 31.2 Å². The molecule has 100 valence electrons. The molecule has 0 saturated carbocycles. The van der Waals surface area contributed by atoms with Crippen LogP contribution in [0.1, 0.15) is 0 Å². The van der Waals surface area contributed by atoms with Crippen molar-refractivity contribution in [2.75, 3.05) is 5.32 Å². The number of nitrogens with one attached hydrogen (secondary N) is 1. The first-order chi connectivity index (χ1) is 9.65. The molecule has 0 aliphatic heterocycles. The highest BCUT2D eigenvalue weighted by atomic mass is 79.9. The van der Waals surface area contributed by atoms with Crippen LogP contribution < -0.4 is 5.32 Å². The van der Waals surface area contributed by atoms with Gasteiger partial charge in [0.05, 0.1) is 21.9 Å². The third-order valence-corrected chi connectivity index (χ3v) is 3.49. The zero-order valence-corrected chi connectivity index (χ0v) is 12.4. The Morgan fingerprint density at radius 3 is 2.85 bits per heavy atom. The first-order valence-electron chi connectivity index (χ1n) is 5.76. The zero-order chi connectivity index (χ0) is 14.1. The highest BCUT2D eigenvalue weighted by Crippen LogP contribution is 2.28. The van der Waals surface area contributed by atoms with Crippen molar-refractivity contribution in [2.45, 2.75) is 0 Å². The van der Waals surface area contributed by atoms with Crippen molar-refractivity contribution < 1.29 is 4.39 Å². The maximum atomic E-state index is 13.9. The smallest absolute Gasteiger partial charge is 0.165 e. The van der Waals surface area contributed by atoms with Crippen molar-refractivity contribution in [3.8, 4) is 0 Å². The minimum Gasteiger partial charge on any atom is -0.351 e. The number of benzene rings is 1. The van der Waals surface area contributed by atoms with E-state index in [0.29, 0.717) is 22.4 Å². The molecule has 0 fully saturated rings. The standard InChI is InChI=1S/C14H8BrClFN3/c15-8-6-12-14(19-7-8)11(4-5-18-12)20-10-3-1-2-9(16)13(10)17/h1-7H,(H,18,20). The van der Waals surface area contributed by atoms with Crippen LogP contribution in [0.4, 0.5) is 15.8 Å². The second-order valence-corrected chi connectivity index (χ2v) is 5.43.